The predicted molar refractivity (Wildman–Crippen MR) is 86.4 cm³/mol. The lowest BCUT2D eigenvalue weighted by Gasteiger charge is -2.38. The molecule has 1 aromatic carbocycles. The molecule has 0 aliphatic carbocycles. The summed E-state index contributed by atoms with van der Waals surface area (Å²) in [6.07, 6.45) is 3.06. The van der Waals surface area contributed by atoms with Gasteiger partial charge in [0.1, 0.15) is 6.04 Å². The molecule has 0 spiro atoms. The third kappa shape index (κ3) is 3.40. The average Bonchev–Trinajstić information content (AvgIpc) is 2.48. The van der Waals surface area contributed by atoms with Crippen LogP contribution in [0.2, 0.25) is 0 Å². The van der Waals surface area contributed by atoms with E-state index in [0.717, 1.165) is 25.8 Å². The summed E-state index contributed by atoms with van der Waals surface area (Å²) in [4.78, 5) is 25.6. The molecule has 2 unspecified atom stereocenters. The van der Waals surface area contributed by atoms with E-state index in [2.05, 4.69) is 31.3 Å². The van der Waals surface area contributed by atoms with Crippen LogP contribution in [0.5, 0.6) is 0 Å². The predicted octanol–water partition coefficient (Wildman–Crippen LogP) is 2.41. The Labute approximate surface area is 131 Å². The van der Waals surface area contributed by atoms with E-state index in [-0.39, 0.29) is 11.9 Å². The number of carbonyl (C=O) groups is 2. The van der Waals surface area contributed by atoms with Crippen LogP contribution in [0.1, 0.15) is 48.9 Å². The molecule has 2 rings (SSSR count). The molecule has 1 aromatic rings. The number of likely N-dealkylation sites (tertiary alicyclic amines) is 1. The Morgan fingerprint density at radius 1 is 1.32 bits per heavy atom. The van der Waals surface area contributed by atoms with E-state index < -0.39 is 12.1 Å². The average molecular weight is 303 g/mol. The van der Waals surface area contributed by atoms with Crippen molar-refractivity contribution in [2.24, 2.45) is 5.73 Å². The fraction of sp³-hybridized carbons (Fsp3) is 0.529. The quantitative estimate of drug-likeness (QED) is 0.899. The molecule has 2 atom stereocenters. The molecule has 0 radical (unpaired) electrons. The first kappa shape index (κ1) is 16.3. The first-order valence-electron chi connectivity index (χ1n) is 7.84. The summed E-state index contributed by atoms with van der Waals surface area (Å²) >= 11 is 0. The lowest BCUT2D eigenvalue weighted by Crippen LogP contribution is -2.50. The number of amides is 3. The van der Waals surface area contributed by atoms with Crippen molar-refractivity contribution in [2.45, 2.75) is 52.1 Å². The molecule has 5 nitrogen and oxygen atoms in total. The number of urea groups is 1. The number of rotatable bonds is 3. The molecular weight excluding hydrogens is 278 g/mol. The van der Waals surface area contributed by atoms with E-state index in [1.165, 1.54) is 16.7 Å². The fourth-order valence-electron chi connectivity index (χ4n) is 3.18. The highest BCUT2D eigenvalue weighted by atomic mass is 16.2. The molecule has 3 amide bonds. The van der Waals surface area contributed by atoms with Crippen LogP contribution < -0.4 is 11.1 Å². The molecular formula is C17H25N3O2. The zero-order valence-electron chi connectivity index (χ0n) is 13.6. The maximum atomic E-state index is 12.7. The molecule has 120 valence electrons. The van der Waals surface area contributed by atoms with Crippen molar-refractivity contribution < 1.29 is 9.59 Å². The normalized spacial score (nSPS) is 19.6. The van der Waals surface area contributed by atoms with Crippen molar-refractivity contribution in [3.8, 4) is 0 Å². The van der Waals surface area contributed by atoms with Crippen LogP contribution in [-0.4, -0.2) is 29.4 Å². The van der Waals surface area contributed by atoms with Gasteiger partial charge in [-0.1, -0.05) is 18.2 Å². The zero-order valence-corrected chi connectivity index (χ0v) is 13.6. The van der Waals surface area contributed by atoms with Crippen molar-refractivity contribution in [1.29, 1.82) is 0 Å². The molecule has 1 aliphatic heterocycles. The van der Waals surface area contributed by atoms with Gasteiger partial charge in [0.25, 0.3) is 0 Å². The molecule has 0 saturated carbocycles. The second kappa shape index (κ2) is 6.81. The molecule has 5 heteroatoms. The molecule has 0 aromatic heterocycles. The second-order valence-corrected chi connectivity index (χ2v) is 6.06. The first-order chi connectivity index (χ1) is 10.4. The van der Waals surface area contributed by atoms with Gasteiger partial charge in [-0.2, -0.15) is 0 Å². The van der Waals surface area contributed by atoms with E-state index >= 15 is 0 Å². The van der Waals surface area contributed by atoms with Crippen LogP contribution in [0.15, 0.2) is 18.2 Å². The Morgan fingerprint density at radius 2 is 2.05 bits per heavy atom. The number of primary amides is 1. The number of nitrogens with zero attached hydrogens (tertiary/aromatic N) is 1. The van der Waals surface area contributed by atoms with Gasteiger partial charge in [0.05, 0.1) is 6.04 Å². The molecule has 3 N–H and O–H groups in total. The third-order valence-electron chi connectivity index (χ3n) is 4.52. The summed E-state index contributed by atoms with van der Waals surface area (Å²) in [5.41, 5.74) is 8.81. The highest BCUT2D eigenvalue weighted by Crippen LogP contribution is 2.33. The van der Waals surface area contributed by atoms with E-state index in [0.29, 0.717) is 0 Å². The van der Waals surface area contributed by atoms with Gasteiger partial charge < -0.3 is 16.0 Å². The third-order valence-corrected chi connectivity index (χ3v) is 4.52. The standard InChI is InChI=1S/C17H25N3O2/c1-11-7-6-8-14(12(11)2)15-9-4-5-10-20(15)16(21)13(3)19-17(18)22/h6-8,13,15H,4-5,9-10H2,1-3H3,(H3,18,19,22). The Morgan fingerprint density at radius 3 is 2.73 bits per heavy atom. The van der Waals surface area contributed by atoms with Crippen molar-refractivity contribution in [2.75, 3.05) is 6.54 Å². The van der Waals surface area contributed by atoms with Crippen molar-refractivity contribution in [3.05, 3.63) is 34.9 Å². The molecule has 22 heavy (non-hydrogen) atoms. The molecule has 1 fully saturated rings. The van der Waals surface area contributed by atoms with Crippen molar-refractivity contribution in [1.82, 2.24) is 10.2 Å². The van der Waals surface area contributed by atoms with Gasteiger partial charge in [0.2, 0.25) is 5.91 Å². The van der Waals surface area contributed by atoms with E-state index in [9.17, 15) is 9.59 Å². The first-order valence-corrected chi connectivity index (χ1v) is 7.84. The maximum absolute atomic E-state index is 12.7. The largest absolute Gasteiger partial charge is 0.352 e. The van der Waals surface area contributed by atoms with Crippen molar-refractivity contribution in [3.63, 3.8) is 0 Å². The van der Waals surface area contributed by atoms with E-state index in [1.54, 1.807) is 6.92 Å². The number of carbonyl (C=O) groups excluding carboxylic acids is 2. The number of aryl methyl sites for hydroxylation is 1. The lowest BCUT2D eigenvalue weighted by atomic mass is 9.90. The highest BCUT2D eigenvalue weighted by Gasteiger charge is 2.31. The van der Waals surface area contributed by atoms with Gasteiger partial charge >= 0.3 is 6.03 Å². The van der Waals surface area contributed by atoms with Crippen LogP contribution in [0.25, 0.3) is 0 Å². The van der Waals surface area contributed by atoms with Gasteiger partial charge in [-0.25, -0.2) is 4.79 Å². The molecule has 1 aliphatic rings. The summed E-state index contributed by atoms with van der Waals surface area (Å²) < 4.78 is 0. The Balaban J connectivity index is 2.26. The van der Waals surface area contributed by atoms with Gasteiger partial charge in [-0.05, 0) is 56.7 Å². The summed E-state index contributed by atoms with van der Waals surface area (Å²) in [6, 6.07) is 5.05. The zero-order chi connectivity index (χ0) is 16.3. The fourth-order valence-corrected chi connectivity index (χ4v) is 3.18. The van der Waals surface area contributed by atoms with Crippen molar-refractivity contribution >= 4 is 11.9 Å². The van der Waals surface area contributed by atoms with Gasteiger partial charge in [0, 0.05) is 6.54 Å². The SMILES string of the molecule is Cc1cccc(C2CCCCN2C(=O)C(C)NC(N)=O)c1C. The minimum absolute atomic E-state index is 0.0654. The van der Waals surface area contributed by atoms with Crippen LogP contribution >= 0.6 is 0 Å². The monoisotopic (exact) mass is 303 g/mol. The number of benzene rings is 1. The lowest BCUT2D eigenvalue weighted by molar-refractivity contribution is -0.136. The summed E-state index contributed by atoms with van der Waals surface area (Å²) in [5.74, 6) is -0.0654. The number of nitrogens with one attached hydrogen (secondary N) is 1. The molecule has 1 heterocycles. The number of hydrogen-bond donors (Lipinski definition) is 2. The summed E-state index contributed by atoms with van der Waals surface area (Å²) in [6.45, 7) is 6.60. The topological polar surface area (TPSA) is 75.4 Å². The smallest absolute Gasteiger partial charge is 0.312 e. The second-order valence-electron chi connectivity index (χ2n) is 6.06. The number of nitrogens with two attached hydrogens (primary N) is 1. The number of hydrogen-bond acceptors (Lipinski definition) is 2. The van der Waals surface area contributed by atoms with Gasteiger partial charge in [-0.15, -0.1) is 0 Å². The van der Waals surface area contributed by atoms with E-state index in [1.807, 2.05) is 11.0 Å². The summed E-state index contributed by atoms with van der Waals surface area (Å²) in [5, 5.41) is 2.49. The van der Waals surface area contributed by atoms with Crippen LogP contribution in [0, 0.1) is 13.8 Å². The highest BCUT2D eigenvalue weighted by molar-refractivity contribution is 5.86. The Bertz CT molecular complexity index is 571. The summed E-state index contributed by atoms with van der Waals surface area (Å²) in [7, 11) is 0. The van der Waals surface area contributed by atoms with E-state index in [4.69, 9.17) is 5.73 Å². The van der Waals surface area contributed by atoms with Crippen LogP contribution in [0.4, 0.5) is 4.79 Å². The maximum Gasteiger partial charge on any atom is 0.312 e. The molecule has 0 bridgehead atoms. The minimum Gasteiger partial charge on any atom is -0.352 e. The van der Waals surface area contributed by atoms with Gasteiger partial charge in [0.15, 0.2) is 0 Å². The number of piperidine rings is 1. The van der Waals surface area contributed by atoms with Crippen LogP contribution in [0.3, 0.4) is 0 Å². The minimum atomic E-state index is -0.666. The van der Waals surface area contributed by atoms with Crippen LogP contribution in [-0.2, 0) is 4.79 Å². The Hall–Kier alpha value is -2.04. The van der Waals surface area contributed by atoms with Gasteiger partial charge in [-0.3, -0.25) is 4.79 Å². The Kier molecular flexibility index (Phi) is 5.06. The molecule has 1 saturated heterocycles.